The van der Waals surface area contributed by atoms with Crippen LogP contribution in [0.2, 0.25) is 10.0 Å². The summed E-state index contributed by atoms with van der Waals surface area (Å²) in [7, 11) is 0. The molecule has 1 aromatic heterocycles. The molecule has 0 fully saturated rings. The Hall–Kier alpha value is -2.37. The average Bonchev–Trinajstić information content (AvgIpc) is 2.51. The van der Waals surface area contributed by atoms with Crippen molar-refractivity contribution >= 4 is 51.7 Å². The van der Waals surface area contributed by atoms with E-state index in [1.807, 2.05) is 0 Å². The van der Waals surface area contributed by atoms with E-state index in [0.29, 0.717) is 21.7 Å². The van der Waals surface area contributed by atoms with Crippen molar-refractivity contribution in [1.29, 1.82) is 0 Å². The van der Waals surface area contributed by atoms with Crippen molar-refractivity contribution in [3.63, 3.8) is 0 Å². The second-order valence-electron chi connectivity index (χ2n) is 4.44. The lowest BCUT2D eigenvalue weighted by atomic mass is 10.2. The second kappa shape index (κ2) is 5.79. The van der Waals surface area contributed by atoms with Gasteiger partial charge in [-0.2, -0.15) is 0 Å². The number of carbonyl (C=O) groups is 1. The van der Waals surface area contributed by atoms with Crippen LogP contribution in [0.15, 0.2) is 42.5 Å². The van der Waals surface area contributed by atoms with Gasteiger partial charge in [0.15, 0.2) is 11.5 Å². The Morgan fingerprint density at radius 3 is 2.36 bits per heavy atom. The fourth-order valence-corrected chi connectivity index (χ4v) is 2.31. The van der Waals surface area contributed by atoms with Crippen LogP contribution in [0.25, 0.3) is 11.0 Å². The zero-order chi connectivity index (χ0) is 15.7. The minimum absolute atomic E-state index is 0.107. The van der Waals surface area contributed by atoms with Gasteiger partial charge in [0.2, 0.25) is 0 Å². The Labute approximate surface area is 135 Å². The number of aromatic carboxylic acids is 1. The molecule has 0 aliphatic heterocycles. The summed E-state index contributed by atoms with van der Waals surface area (Å²) in [5.74, 6) is -1.07. The quantitative estimate of drug-likeness (QED) is 0.743. The van der Waals surface area contributed by atoms with Gasteiger partial charge in [0.05, 0.1) is 26.8 Å². The molecule has 7 heteroatoms. The smallest absolute Gasteiger partial charge is 0.358 e. The molecule has 5 nitrogen and oxygen atoms in total. The number of carboxylic acid groups (broad SMARTS) is 1. The van der Waals surface area contributed by atoms with Crippen LogP contribution in [0.4, 0.5) is 11.5 Å². The summed E-state index contributed by atoms with van der Waals surface area (Å²) >= 11 is 12.1. The molecule has 0 atom stereocenters. The summed E-state index contributed by atoms with van der Waals surface area (Å²) in [6.07, 6.45) is 0. The van der Waals surface area contributed by atoms with Crippen LogP contribution in [-0.4, -0.2) is 21.0 Å². The molecule has 3 rings (SSSR count). The van der Waals surface area contributed by atoms with Crippen molar-refractivity contribution in [3.05, 3.63) is 58.2 Å². The highest BCUT2D eigenvalue weighted by Gasteiger charge is 2.17. The van der Waals surface area contributed by atoms with E-state index < -0.39 is 5.97 Å². The van der Waals surface area contributed by atoms with Gasteiger partial charge in [-0.15, -0.1) is 0 Å². The highest BCUT2D eigenvalue weighted by Crippen LogP contribution is 2.32. The number of rotatable bonds is 3. The van der Waals surface area contributed by atoms with E-state index in [9.17, 15) is 9.90 Å². The molecule has 3 aromatic rings. The number of nitrogens with one attached hydrogen (secondary N) is 1. The molecule has 0 spiro atoms. The number of halogens is 2. The van der Waals surface area contributed by atoms with Crippen LogP contribution in [-0.2, 0) is 0 Å². The van der Waals surface area contributed by atoms with Gasteiger partial charge < -0.3 is 10.4 Å². The number of para-hydroxylation sites is 2. The van der Waals surface area contributed by atoms with Crippen molar-refractivity contribution in [3.8, 4) is 0 Å². The largest absolute Gasteiger partial charge is 0.476 e. The van der Waals surface area contributed by atoms with E-state index in [2.05, 4.69) is 15.3 Å². The number of anilines is 2. The fraction of sp³-hybridized carbons (Fsp3) is 0. The summed E-state index contributed by atoms with van der Waals surface area (Å²) in [5, 5.41) is 12.9. The first-order valence-electron chi connectivity index (χ1n) is 6.27. The monoisotopic (exact) mass is 333 g/mol. The minimum atomic E-state index is -1.18. The van der Waals surface area contributed by atoms with Crippen molar-refractivity contribution in [2.24, 2.45) is 0 Å². The van der Waals surface area contributed by atoms with Crippen molar-refractivity contribution in [1.82, 2.24) is 9.97 Å². The van der Waals surface area contributed by atoms with Crippen molar-refractivity contribution in [2.45, 2.75) is 0 Å². The molecular weight excluding hydrogens is 325 g/mol. The van der Waals surface area contributed by atoms with Gasteiger partial charge in [0, 0.05) is 0 Å². The molecule has 0 bridgehead atoms. The lowest BCUT2D eigenvalue weighted by Gasteiger charge is -2.11. The highest BCUT2D eigenvalue weighted by molar-refractivity contribution is 6.43. The Bertz CT molecular complexity index is 884. The van der Waals surface area contributed by atoms with E-state index in [1.54, 1.807) is 42.5 Å². The molecule has 22 heavy (non-hydrogen) atoms. The number of aromatic nitrogens is 2. The van der Waals surface area contributed by atoms with E-state index in [4.69, 9.17) is 23.2 Å². The van der Waals surface area contributed by atoms with Gasteiger partial charge in [0.1, 0.15) is 0 Å². The third kappa shape index (κ3) is 2.68. The topological polar surface area (TPSA) is 75.1 Å². The van der Waals surface area contributed by atoms with Crippen LogP contribution >= 0.6 is 23.2 Å². The molecule has 0 aliphatic rings. The van der Waals surface area contributed by atoms with Crippen LogP contribution in [0.1, 0.15) is 10.5 Å². The SMILES string of the molecule is O=C(O)c1nc2ccccc2nc1Nc1cccc(Cl)c1Cl. The van der Waals surface area contributed by atoms with Gasteiger partial charge in [0.25, 0.3) is 0 Å². The minimum Gasteiger partial charge on any atom is -0.476 e. The maximum absolute atomic E-state index is 11.4. The standard InChI is InChI=1S/C15H9Cl2N3O2/c16-8-4-3-7-11(12(8)17)20-14-13(15(21)22)18-9-5-1-2-6-10(9)19-14/h1-7H,(H,19,20)(H,21,22). The third-order valence-corrected chi connectivity index (χ3v) is 3.80. The Kier molecular flexibility index (Phi) is 3.83. The summed E-state index contributed by atoms with van der Waals surface area (Å²) in [6, 6.07) is 12.0. The molecule has 0 unspecified atom stereocenters. The molecule has 0 amide bonds. The molecule has 2 N–H and O–H groups in total. The van der Waals surface area contributed by atoms with E-state index >= 15 is 0 Å². The normalized spacial score (nSPS) is 10.6. The first-order chi connectivity index (χ1) is 10.6. The van der Waals surface area contributed by atoms with E-state index in [-0.39, 0.29) is 16.5 Å². The van der Waals surface area contributed by atoms with Crippen LogP contribution in [0.3, 0.4) is 0 Å². The van der Waals surface area contributed by atoms with E-state index in [0.717, 1.165) is 0 Å². The van der Waals surface area contributed by atoms with E-state index in [1.165, 1.54) is 0 Å². The van der Waals surface area contributed by atoms with Crippen molar-refractivity contribution < 1.29 is 9.90 Å². The summed E-state index contributed by atoms with van der Waals surface area (Å²) in [4.78, 5) is 19.8. The van der Waals surface area contributed by atoms with Crippen LogP contribution in [0.5, 0.6) is 0 Å². The number of hydrogen-bond donors (Lipinski definition) is 2. The first kappa shape index (κ1) is 14.6. The number of nitrogens with zero attached hydrogens (tertiary/aromatic N) is 2. The zero-order valence-corrected chi connectivity index (χ0v) is 12.6. The van der Waals surface area contributed by atoms with Crippen LogP contribution < -0.4 is 5.32 Å². The summed E-state index contributed by atoms with van der Waals surface area (Å²) in [6.45, 7) is 0. The van der Waals surface area contributed by atoms with Gasteiger partial charge in [-0.25, -0.2) is 14.8 Å². The second-order valence-corrected chi connectivity index (χ2v) is 5.23. The Balaban J connectivity index is 2.14. The number of hydrogen-bond acceptors (Lipinski definition) is 4. The summed E-state index contributed by atoms with van der Waals surface area (Å²) < 4.78 is 0. The first-order valence-corrected chi connectivity index (χ1v) is 7.03. The zero-order valence-electron chi connectivity index (χ0n) is 11.0. The lowest BCUT2D eigenvalue weighted by molar-refractivity contribution is 0.0692. The Morgan fingerprint density at radius 2 is 1.68 bits per heavy atom. The molecule has 0 saturated heterocycles. The number of carboxylic acids is 1. The van der Waals surface area contributed by atoms with Gasteiger partial charge >= 0.3 is 5.97 Å². The lowest BCUT2D eigenvalue weighted by Crippen LogP contribution is -2.08. The third-order valence-electron chi connectivity index (χ3n) is 2.98. The number of benzene rings is 2. The van der Waals surface area contributed by atoms with Gasteiger partial charge in [-0.3, -0.25) is 0 Å². The molecule has 0 aliphatic carbocycles. The molecule has 0 radical (unpaired) electrons. The maximum Gasteiger partial charge on any atom is 0.358 e. The predicted molar refractivity (Wildman–Crippen MR) is 86.2 cm³/mol. The molecule has 1 heterocycles. The fourth-order valence-electron chi connectivity index (χ4n) is 1.96. The van der Waals surface area contributed by atoms with Gasteiger partial charge in [-0.05, 0) is 24.3 Å². The van der Waals surface area contributed by atoms with Crippen molar-refractivity contribution in [2.75, 3.05) is 5.32 Å². The predicted octanol–water partition coefficient (Wildman–Crippen LogP) is 4.38. The molecular formula is C15H9Cl2N3O2. The molecule has 2 aromatic carbocycles. The molecule has 110 valence electrons. The van der Waals surface area contributed by atoms with Gasteiger partial charge in [-0.1, -0.05) is 41.4 Å². The maximum atomic E-state index is 11.4. The highest BCUT2D eigenvalue weighted by atomic mass is 35.5. The molecule has 0 saturated carbocycles. The summed E-state index contributed by atoms with van der Waals surface area (Å²) in [5.41, 5.74) is 1.35. The number of fused-ring (bicyclic) bond motifs is 1. The Morgan fingerprint density at radius 1 is 1.00 bits per heavy atom. The average molecular weight is 334 g/mol. The van der Waals surface area contributed by atoms with Crippen LogP contribution in [0, 0.1) is 0 Å².